The van der Waals surface area contributed by atoms with Gasteiger partial charge in [-0.05, 0) is 11.5 Å². The Morgan fingerprint density at radius 2 is 1.80 bits per heavy atom. The number of ketones is 1. The van der Waals surface area contributed by atoms with Crippen molar-refractivity contribution in [3.8, 4) is 0 Å². The van der Waals surface area contributed by atoms with Crippen LogP contribution in [-0.2, 0) is 14.3 Å². The smallest absolute Gasteiger partial charge is 0.309 e. The van der Waals surface area contributed by atoms with Gasteiger partial charge in [-0.1, -0.05) is 20.4 Å². The molecule has 2 aliphatic carbocycles. The van der Waals surface area contributed by atoms with E-state index in [9.17, 15) is 19.8 Å². The molecule has 8 atom stereocenters. The molecule has 0 aromatic heterocycles. The van der Waals surface area contributed by atoms with Crippen LogP contribution in [0.2, 0.25) is 0 Å². The topological polar surface area (TPSA) is 83.8 Å². The lowest BCUT2D eigenvalue weighted by atomic mass is 9.77. The van der Waals surface area contributed by atoms with E-state index in [4.69, 9.17) is 4.74 Å². The highest BCUT2D eigenvalue weighted by Crippen LogP contribution is 2.51. The molecular formula is C15H20O5. The number of hydrogen-bond acceptors (Lipinski definition) is 5. The number of esters is 1. The SMILES string of the molecule is C=C1[C@H](O)[C@H](O)[C@@H]2[C@H](OC(=O)[C@H]2C)[C@H]2[C@H](C)C(=O)C[C@@H]12. The van der Waals surface area contributed by atoms with Gasteiger partial charge in [-0.25, -0.2) is 0 Å². The number of carbonyl (C=O) groups is 2. The summed E-state index contributed by atoms with van der Waals surface area (Å²) in [5.74, 6) is -1.82. The molecule has 1 saturated heterocycles. The Bertz CT molecular complexity index is 485. The van der Waals surface area contributed by atoms with Crippen LogP contribution >= 0.6 is 0 Å². The van der Waals surface area contributed by atoms with Crippen molar-refractivity contribution < 1.29 is 24.5 Å². The van der Waals surface area contributed by atoms with Gasteiger partial charge in [0.05, 0.1) is 12.0 Å². The first kappa shape index (κ1) is 13.8. The highest BCUT2D eigenvalue weighted by molar-refractivity contribution is 5.85. The summed E-state index contributed by atoms with van der Waals surface area (Å²) in [5.41, 5.74) is 0.498. The van der Waals surface area contributed by atoms with Crippen LogP contribution < -0.4 is 0 Å². The van der Waals surface area contributed by atoms with Gasteiger partial charge in [0.1, 0.15) is 18.0 Å². The lowest BCUT2D eigenvalue weighted by molar-refractivity contribution is -0.147. The molecule has 0 radical (unpaired) electrons. The van der Waals surface area contributed by atoms with Gasteiger partial charge >= 0.3 is 5.97 Å². The molecule has 3 fully saturated rings. The monoisotopic (exact) mass is 280 g/mol. The van der Waals surface area contributed by atoms with Crippen LogP contribution in [-0.4, -0.2) is 40.3 Å². The summed E-state index contributed by atoms with van der Waals surface area (Å²) in [4.78, 5) is 23.9. The van der Waals surface area contributed by atoms with Gasteiger partial charge in [-0.3, -0.25) is 9.59 Å². The summed E-state index contributed by atoms with van der Waals surface area (Å²) in [6.45, 7) is 7.42. The molecular weight excluding hydrogens is 260 g/mol. The van der Waals surface area contributed by atoms with E-state index in [0.29, 0.717) is 12.0 Å². The number of ether oxygens (including phenoxy) is 1. The fourth-order valence-corrected chi connectivity index (χ4v) is 4.23. The summed E-state index contributed by atoms with van der Waals surface area (Å²) >= 11 is 0. The average molecular weight is 280 g/mol. The second kappa shape index (κ2) is 4.40. The third-order valence-electron chi connectivity index (χ3n) is 5.51. The number of aliphatic hydroxyl groups excluding tert-OH is 2. The lowest BCUT2D eigenvalue weighted by Gasteiger charge is -2.28. The zero-order valence-corrected chi connectivity index (χ0v) is 11.7. The van der Waals surface area contributed by atoms with Crippen molar-refractivity contribution in [1.82, 2.24) is 0 Å². The number of hydrogen-bond donors (Lipinski definition) is 2. The van der Waals surface area contributed by atoms with E-state index in [1.54, 1.807) is 6.92 Å². The van der Waals surface area contributed by atoms with Crippen molar-refractivity contribution in [2.75, 3.05) is 0 Å². The van der Waals surface area contributed by atoms with Crippen LogP contribution in [0.5, 0.6) is 0 Å². The molecule has 0 aromatic rings. The fourth-order valence-electron chi connectivity index (χ4n) is 4.23. The van der Waals surface area contributed by atoms with E-state index in [1.165, 1.54) is 0 Å². The Morgan fingerprint density at radius 3 is 2.45 bits per heavy atom. The van der Waals surface area contributed by atoms with Crippen molar-refractivity contribution in [1.29, 1.82) is 0 Å². The summed E-state index contributed by atoms with van der Waals surface area (Å²) in [6.07, 6.45) is -2.37. The Kier molecular flexibility index (Phi) is 3.03. The van der Waals surface area contributed by atoms with E-state index >= 15 is 0 Å². The largest absolute Gasteiger partial charge is 0.461 e. The second-order valence-corrected chi connectivity index (χ2v) is 6.42. The third kappa shape index (κ3) is 1.63. The summed E-state index contributed by atoms with van der Waals surface area (Å²) in [7, 11) is 0. The number of Topliss-reactive ketones (excluding diaryl/α,β-unsaturated/α-hetero) is 1. The zero-order valence-electron chi connectivity index (χ0n) is 11.7. The van der Waals surface area contributed by atoms with Gasteiger partial charge in [0.15, 0.2) is 0 Å². The first-order valence-corrected chi connectivity index (χ1v) is 7.12. The van der Waals surface area contributed by atoms with Gasteiger partial charge in [-0.2, -0.15) is 0 Å². The van der Waals surface area contributed by atoms with Crippen LogP contribution in [0.3, 0.4) is 0 Å². The van der Waals surface area contributed by atoms with Crippen molar-refractivity contribution in [2.24, 2.45) is 29.6 Å². The molecule has 2 saturated carbocycles. The number of aliphatic hydroxyl groups is 2. The maximum atomic E-state index is 12.0. The van der Waals surface area contributed by atoms with Gasteiger partial charge in [0, 0.05) is 24.2 Å². The van der Waals surface area contributed by atoms with Crippen molar-refractivity contribution in [3.63, 3.8) is 0 Å². The molecule has 3 rings (SSSR count). The van der Waals surface area contributed by atoms with E-state index < -0.39 is 30.1 Å². The van der Waals surface area contributed by atoms with Crippen molar-refractivity contribution in [3.05, 3.63) is 12.2 Å². The van der Waals surface area contributed by atoms with Crippen LogP contribution in [0.15, 0.2) is 12.2 Å². The Labute approximate surface area is 117 Å². The summed E-state index contributed by atoms with van der Waals surface area (Å²) < 4.78 is 5.45. The van der Waals surface area contributed by atoms with E-state index in [0.717, 1.165) is 0 Å². The number of rotatable bonds is 0. The van der Waals surface area contributed by atoms with E-state index in [2.05, 4.69) is 6.58 Å². The molecule has 1 heterocycles. The Morgan fingerprint density at radius 1 is 1.15 bits per heavy atom. The highest BCUT2D eigenvalue weighted by atomic mass is 16.6. The minimum absolute atomic E-state index is 0.110. The molecule has 110 valence electrons. The number of fused-ring (bicyclic) bond motifs is 3. The van der Waals surface area contributed by atoms with Crippen molar-refractivity contribution in [2.45, 2.75) is 38.6 Å². The van der Waals surface area contributed by atoms with Gasteiger partial charge in [-0.15, -0.1) is 0 Å². The normalized spacial score (nSPS) is 51.5. The molecule has 0 bridgehead atoms. The van der Waals surface area contributed by atoms with Crippen LogP contribution in [0.1, 0.15) is 20.3 Å². The molecule has 5 nitrogen and oxygen atoms in total. The van der Waals surface area contributed by atoms with E-state index in [1.807, 2.05) is 6.92 Å². The zero-order chi connectivity index (χ0) is 14.8. The standard InChI is InChI=1S/C15H20O5/c1-5-8-4-9(16)6(2)10(8)14-11(13(18)12(5)17)7(3)15(19)20-14/h6-8,10-14,17-18H,1,4H2,2-3H3/t6-,7+,8+,10+,11-,12+,13-,14-/m1/s1. The van der Waals surface area contributed by atoms with E-state index in [-0.39, 0.29) is 29.5 Å². The first-order valence-electron chi connectivity index (χ1n) is 7.12. The molecule has 0 spiro atoms. The van der Waals surface area contributed by atoms with Crippen molar-refractivity contribution >= 4 is 11.8 Å². The molecule has 3 aliphatic rings. The minimum atomic E-state index is -1.10. The van der Waals surface area contributed by atoms with Gasteiger partial charge in [0.25, 0.3) is 0 Å². The predicted molar refractivity (Wildman–Crippen MR) is 69.5 cm³/mol. The molecule has 2 N–H and O–H groups in total. The average Bonchev–Trinajstić information content (AvgIpc) is 2.83. The lowest BCUT2D eigenvalue weighted by Crippen LogP contribution is -2.41. The highest BCUT2D eigenvalue weighted by Gasteiger charge is 2.59. The molecule has 0 amide bonds. The Balaban J connectivity index is 2.07. The molecule has 0 aromatic carbocycles. The quantitative estimate of drug-likeness (QED) is 0.492. The van der Waals surface area contributed by atoms with Crippen LogP contribution in [0, 0.1) is 29.6 Å². The Hall–Kier alpha value is -1.20. The fraction of sp³-hybridized carbons (Fsp3) is 0.733. The second-order valence-electron chi connectivity index (χ2n) is 6.42. The van der Waals surface area contributed by atoms with Gasteiger partial charge < -0.3 is 14.9 Å². The third-order valence-corrected chi connectivity index (χ3v) is 5.51. The maximum Gasteiger partial charge on any atom is 0.309 e. The summed E-state index contributed by atoms with van der Waals surface area (Å²) in [5, 5.41) is 20.6. The maximum absolute atomic E-state index is 12.0. The number of carbonyl (C=O) groups excluding carboxylic acids is 2. The minimum Gasteiger partial charge on any atom is -0.461 e. The van der Waals surface area contributed by atoms with Crippen LogP contribution in [0.4, 0.5) is 0 Å². The van der Waals surface area contributed by atoms with Crippen LogP contribution in [0.25, 0.3) is 0 Å². The molecule has 20 heavy (non-hydrogen) atoms. The molecule has 5 heteroatoms. The molecule has 1 aliphatic heterocycles. The van der Waals surface area contributed by atoms with Gasteiger partial charge in [0.2, 0.25) is 0 Å². The molecule has 0 unspecified atom stereocenters. The first-order chi connectivity index (χ1) is 9.34. The predicted octanol–water partition coefficient (Wildman–Crippen LogP) is 0.297. The summed E-state index contributed by atoms with van der Waals surface area (Å²) in [6, 6.07) is 0.